The van der Waals surface area contributed by atoms with Crippen LogP contribution in [0.5, 0.6) is 0 Å². The molecule has 20 heavy (non-hydrogen) atoms. The number of aryl methyl sites for hydroxylation is 2. The van der Waals surface area contributed by atoms with E-state index in [-0.39, 0.29) is 11.9 Å². The Hall–Kier alpha value is -1.32. The van der Waals surface area contributed by atoms with Gasteiger partial charge in [-0.05, 0) is 42.8 Å². The zero-order valence-corrected chi connectivity index (χ0v) is 12.7. The molecule has 1 heterocycles. The minimum absolute atomic E-state index is 0.0829. The van der Waals surface area contributed by atoms with Crippen LogP contribution in [0.2, 0.25) is 5.02 Å². The summed E-state index contributed by atoms with van der Waals surface area (Å²) in [6, 6.07) is 5.04. The van der Waals surface area contributed by atoms with E-state index in [4.69, 9.17) is 16.0 Å². The maximum Gasteiger partial charge on any atom is 0.127 e. The highest BCUT2D eigenvalue weighted by molar-refractivity contribution is 6.31. The monoisotopic (exact) mass is 295 g/mol. The summed E-state index contributed by atoms with van der Waals surface area (Å²) >= 11 is 6.23. The summed E-state index contributed by atoms with van der Waals surface area (Å²) in [5.74, 6) is 0.644. The normalized spacial score (nSPS) is 12.7. The van der Waals surface area contributed by atoms with Gasteiger partial charge in [0.2, 0.25) is 0 Å². The van der Waals surface area contributed by atoms with Crippen molar-refractivity contribution >= 4 is 11.6 Å². The van der Waals surface area contributed by atoms with Crippen molar-refractivity contribution in [1.82, 2.24) is 5.32 Å². The smallest absolute Gasteiger partial charge is 0.127 e. The molecule has 0 saturated carbocycles. The van der Waals surface area contributed by atoms with Gasteiger partial charge in [-0.15, -0.1) is 0 Å². The molecule has 1 atom stereocenters. The molecule has 2 nitrogen and oxygen atoms in total. The first kappa shape index (κ1) is 15.1. The third kappa shape index (κ3) is 2.89. The van der Waals surface area contributed by atoms with Crippen molar-refractivity contribution < 1.29 is 8.81 Å². The van der Waals surface area contributed by atoms with Crippen molar-refractivity contribution in [2.24, 2.45) is 0 Å². The lowest BCUT2D eigenvalue weighted by atomic mass is 9.96. The summed E-state index contributed by atoms with van der Waals surface area (Å²) in [5, 5.41) is 3.83. The van der Waals surface area contributed by atoms with E-state index >= 15 is 0 Å². The van der Waals surface area contributed by atoms with E-state index in [0.29, 0.717) is 10.6 Å². The Bertz CT molecular complexity index is 594. The Labute approximate surface area is 123 Å². The molecule has 4 heteroatoms. The van der Waals surface area contributed by atoms with Crippen molar-refractivity contribution in [3.05, 3.63) is 57.8 Å². The van der Waals surface area contributed by atoms with E-state index < -0.39 is 0 Å². The van der Waals surface area contributed by atoms with E-state index in [1.54, 1.807) is 19.3 Å². The average molecular weight is 296 g/mol. The van der Waals surface area contributed by atoms with Gasteiger partial charge in [0.1, 0.15) is 11.6 Å². The second-order valence-electron chi connectivity index (χ2n) is 4.77. The maximum atomic E-state index is 13.6. The second-order valence-corrected chi connectivity index (χ2v) is 5.17. The van der Waals surface area contributed by atoms with Crippen LogP contribution in [0.1, 0.15) is 42.3 Å². The Morgan fingerprint density at radius 1 is 1.30 bits per heavy atom. The molecule has 1 aromatic heterocycles. The van der Waals surface area contributed by atoms with E-state index in [1.165, 1.54) is 6.07 Å². The number of hydrogen-bond donors (Lipinski definition) is 1. The van der Waals surface area contributed by atoms with Crippen molar-refractivity contribution in [2.75, 3.05) is 6.54 Å². The molecule has 0 aliphatic heterocycles. The molecule has 0 bridgehead atoms. The molecule has 1 N–H and O–H groups in total. The van der Waals surface area contributed by atoms with E-state index in [9.17, 15) is 4.39 Å². The lowest BCUT2D eigenvalue weighted by molar-refractivity contribution is 0.502. The van der Waals surface area contributed by atoms with Crippen molar-refractivity contribution in [1.29, 1.82) is 0 Å². The second kappa shape index (κ2) is 6.42. The number of benzene rings is 1. The van der Waals surface area contributed by atoms with Crippen LogP contribution in [-0.2, 0) is 6.42 Å². The van der Waals surface area contributed by atoms with Crippen molar-refractivity contribution in [3.8, 4) is 0 Å². The van der Waals surface area contributed by atoms with Crippen LogP contribution >= 0.6 is 11.6 Å². The highest BCUT2D eigenvalue weighted by Crippen LogP contribution is 2.32. The first-order valence-electron chi connectivity index (χ1n) is 6.83. The summed E-state index contributed by atoms with van der Waals surface area (Å²) < 4.78 is 19.1. The summed E-state index contributed by atoms with van der Waals surface area (Å²) in [7, 11) is 0. The summed E-state index contributed by atoms with van der Waals surface area (Å²) in [4.78, 5) is 0. The molecular formula is C16H19ClFNO. The van der Waals surface area contributed by atoms with Crippen molar-refractivity contribution in [3.63, 3.8) is 0 Å². The van der Waals surface area contributed by atoms with E-state index in [2.05, 4.69) is 5.32 Å². The third-order valence-corrected chi connectivity index (χ3v) is 3.74. The van der Waals surface area contributed by atoms with Gasteiger partial charge in [-0.1, -0.05) is 25.4 Å². The molecule has 0 radical (unpaired) electrons. The van der Waals surface area contributed by atoms with Gasteiger partial charge in [0.15, 0.2) is 0 Å². The fraction of sp³-hybridized carbons (Fsp3) is 0.375. The van der Waals surface area contributed by atoms with Gasteiger partial charge >= 0.3 is 0 Å². The molecule has 0 aliphatic carbocycles. The lowest BCUT2D eigenvalue weighted by Crippen LogP contribution is -2.23. The fourth-order valence-electron chi connectivity index (χ4n) is 2.39. The van der Waals surface area contributed by atoms with Crippen LogP contribution in [0.3, 0.4) is 0 Å². The predicted octanol–water partition coefficient (Wildman–Crippen LogP) is 4.64. The van der Waals surface area contributed by atoms with E-state index in [0.717, 1.165) is 29.9 Å². The molecule has 0 fully saturated rings. The first-order valence-corrected chi connectivity index (χ1v) is 7.21. The molecule has 0 aliphatic rings. The number of furan rings is 1. The highest BCUT2D eigenvalue weighted by atomic mass is 35.5. The summed E-state index contributed by atoms with van der Waals surface area (Å²) in [6.45, 7) is 6.60. The van der Waals surface area contributed by atoms with Crippen LogP contribution < -0.4 is 5.32 Å². The minimum Gasteiger partial charge on any atom is -0.469 e. The number of halogens is 2. The van der Waals surface area contributed by atoms with Crippen LogP contribution in [-0.4, -0.2) is 6.54 Å². The Kier molecular flexibility index (Phi) is 4.84. The summed E-state index contributed by atoms with van der Waals surface area (Å²) in [6.07, 6.45) is 2.49. The molecule has 0 spiro atoms. The van der Waals surface area contributed by atoms with Gasteiger partial charge in [-0.25, -0.2) is 4.39 Å². The third-order valence-electron chi connectivity index (χ3n) is 3.41. The highest BCUT2D eigenvalue weighted by Gasteiger charge is 2.21. The summed E-state index contributed by atoms with van der Waals surface area (Å²) in [5.41, 5.74) is 2.53. The zero-order valence-electron chi connectivity index (χ0n) is 12.0. The van der Waals surface area contributed by atoms with E-state index in [1.807, 2.05) is 19.9 Å². The largest absolute Gasteiger partial charge is 0.469 e. The number of nitrogens with one attached hydrogen (secondary N) is 1. The lowest BCUT2D eigenvalue weighted by Gasteiger charge is -2.20. The van der Waals surface area contributed by atoms with Crippen LogP contribution in [0.15, 0.2) is 28.9 Å². The Morgan fingerprint density at radius 2 is 2.05 bits per heavy atom. The topological polar surface area (TPSA) is 25.2 Å². The predicted molar refractivity (Wildman–Crippen MR) is 79.8 cm³/mol. The molecular weight excluding hydrogens is 277 g/mol. The maximum absolute atomic E-state index is 13.6. The molecule has 1 unspecified atom stereocenters. The van der Waals surface area contributed by atoms with Crippen LogP contribution in [0.25, 0.3) is 0 Å². The fourth-order valence-corrected chi connectivity index (χ4v) is 2.65. The Balaban J connectivity index is 2.51. The van der Waals surface area contributed by atoms with Gasteiger partial charge in [0, 0.05) is 17.0 Å². The van der Waals surface area contributed by atoms with Gasteiger partial charge in [0.25, 0.3) is 0 Å². The molecule has 108 valence electrons. The van der Waals surface area contributed by atoms with Crippen molar-refractivity contribution in [2.45, 2.75) is 33.2 Å². The van der Waals surface area contributed by atoms with Crippen LogP contribution in [0.4, 0.5) is 4.39 Å². The van der Waals surface area contributed by atoms with Crippen LogP contribution in [0, 0.1) is 12.7 Å². The molecule has 2 rings (SSSR count). The van der Waals surface area contributed by atoms with Gasteiger partial charge in [0.05, 0.1) is 12.3 Å². The van der Waals surface area contributed by atoms with Gasteiger partial charge in [-0.3, -0.25) is 0 Å². The molecule has 2 aromatic rings. The minimum atomic E-state index is -0.281. The molecule has 0 amide bonds. The Morgan fingerprint density at radius 3 is 2.70 bits per heavy atom. The average Bonchev–Trinajstić information content (AvgIpc) is 2.88. The zero-order chi connectivity index (χ0) is 14.7. The number of hydrogen-bond acceptors (Lipinski definition) is 2. The standard InChI is InChI=1S/C16H19ClFNO/c1-4-15-11(6-7-20-15)16(19-5-2)12-8-10(3)14(18)9-13(12)17/h6-9,16,19H,4-5H2,1-3H3. The molecule has 1 aromatic carbocycles. The van der Waals surface area contributed by atoms with Gasteiger partial charge in [-0.2, -0.15) is 0 Å². The van der Waals surface area contributed by atoms with Gasteiger partial charge < -0.3 is 9.73 Å². The quantitative estimate of drug-likeness (QED) is 0.869. The SMILES string of the molecule is CCNC(c1cc(C)c(F)cc1Cl)c1ccoc1CC. The molecule has 0 saturated heterocycles. The first-order chi connectivity index (χ1) is 9.58. The number of rotatable bonds is 5.